The number of carbonyl (C=O) groups excluding carboxylic acids is 1. The van der Waals surface area contributed by atoms with Gasteiger partial charge in [-0.15, -0.1) is 0 Å². The first-order valence-electron chi connectivity index (χ1n) is 6.96. The van der Waals surface area contributed by atoms with Gasteiger partial charge in [-0.25, -0.2) is 0 Å². The first-order valence-corrected chi connectivity index (χ1v) is 6.96. The highest BCUT2D eigenvalue weighted by Gasteiger charge is 2.27. The normalized spacial score (nSPS) is 19.1. The van der Waals surface area contributed by atoms with Gasteiger partial charge >= 0.3 is 0 Å². The molecule has 19 heavy (non-hydrogen) atoms. The van der Waals surface area contributed by atoms with Gasteiger partial charge < -0.3 is 11.1 Å². The van der Waals surface area contributed by atoms with E-state index in [1.165, 1.54) is 0 Å². The van der Waals surface area contributed by atoms with E-state index >= 15 is 0 Å². The van der Waals surface area contributed by atoms with Crippen molar-refractivity contribution in [3.05, 3.63) is 29.6 Å². The Morgan fingerprint density at radius 1 is 1.42 bits per heavy atom. The van der Waals surface area contributed by atoms with E-state index in [4.69, 9.17) is 5.73 Å². The topological polar surface area (TPSA) is 68.0 Å². The summed E-state index contributed by atoms with van der Waals surface area (Å²) in [5.74, 6) is -0.0757. The fraction of sp³-hybridized carbons (Fsp3) is 0.600. The highest BCUT2D eigenvalue weighted by atomic mass is 16.1. The van der Waals surface area contributed by atoms with Gasteiger partial charge in [0.2, 0.25) is 0 Å². The second kappa shape index (κ2) is 5.70. The Bertz CT molecular complexity index is 429. The van der Waals surface area contributed by atoms with Crippen LogP contribution in [0.1, 0.15) is 55.6 Å². The lowest BCUT2D eigenvalue weighted by Crippen LogP contribution is -2.39. The van der Waals surface area contributed by atoms with Gasteiger partial charge in [-0.05, 0) is 42.7 Å². The Balaban J connectivity index is 1.90. The number of hydrogen-bond acceptors (Lipinski definition) is 3. The van der Waals surface area contributed by atoms with E-state index in [0.717, 1.165) is 31.2 Å². The van der Waals surface area contributed by atoms with Crippen LogP contribution < -0.4 is 11.1 Å². The van der Waals surface area contributed by atoms with Crippen LogP contribution >= 0.6 is 0 Å². The predicted octanol–water partition coefficient (Wildman–Crippen LogP) is 2.24. The van der Waals surface area contributed by atoms with Crippen LogP contribution in [-0.4, -0.2) is 16.9 Å². The van der Waals surface area contributed by atoms with Crippen molar-refractivity contribution >= 4 is 5.91 Å². The lowest BCUT2D eigenvalue weighted by atomic mass is 9.75. The van der Waals surface area contributed by atoms with Crippen molar-refractivity contribution < 1.29 is 4.79 Å². The molecule has 0 atom stereocenters. The van der Waals surface area contributed by atoms with Crippen LogP contribution in [-0.2, 0) is 6.54 Å². The van der Waals surface area contributed by atoms with E-state index in [1.807, 2.05) is 6.07 Å². The Kier molecular flexibility index (Phi) is 4.20. The summed E-state index contributed by atoms with van der Waals surface area (Å²) in [5.41, 5.74) is 7.34. The lowest BCUT2D eigenvalue weighted by molar-refractivity contribution is 0.0904. The van der Waals surface area contributed by atoms with Gasteiger partial charge in [-0.3, -0.25) is 9.78 Å². The molecule has 0 aromatic carbocycles. The molecule has 0 aliphatic heterocycles. The SMILES string of the molecule is CC1(C)CCC(NC(=O)c2ccc(CN)cn2)CC1. The van der Waals surface area contributed by atoms with E-state index in [0.29, 0.717) is 17.7 Å². The maximum Gasteiger partial charge on any atom is 0.270 e. The highest BCUT2D eigenvalue weighted by Crippen LogP contribution is 2.34. The largest absolute Gasteiger partial charge is 0.348 e. The smallest absolute Gasteiger partial charge is 0.270 e. The van der Waals surface area contributed by atoms with Gasteiger partial charge in [-0.1, -0.05) is 19.9 Å². The average Bonchev–Trinajstić information content (AvgIpc) is 2.41. The number of nitrogens with zero attached hydrogens (tertiary/aromatic N) is 1. The standard InChI is InChI=1S/C15H23N3O/c1-15(2)7-5-12(6-8-15)18-14(19)13-4-3-11(9-16)10-17-13/h3-4,10,12H,5-9,16H2,1-2H3,(H,18,19). The van der Waals surface area contributed by atoms with Gasteiger partial charge in [0.15, 0.2) is 0 Å². The zero-order chi connectivity index (χ0) is 13.9. The van der Waals surface area contributed by atoms with Crippen molar-refractivity contribution in [1.29, 1.82) is 0 Å². The van der Waals surface area contributed by atoms with E-state index < -0.39 is 0 Å². The van der Waals surface area contributed by atoms with E-state index in [2.05, 4.69) is 24.1 Å². The summed E-state index contributed by atoms with van der Waals surface area (Å²) in [5, 5.41) is 3.08. The van der Waals surface area contributed by atoms with Crippen molar-refractivity contribution in [3.63, 3.8) is 0 Å². The molecule has 0 spiro atoms. The summed E-state index contributed by atoms with van der Waals surface area (Å²) >= 11 is 0. The zero-order valence-corrected chi connectivity index (χ0v) is 11.8. The summed E-state index contributed by atoms with van der Waals surface area (Å²) < 4.78 is 0. The lowest BCUT2D eigenvalue weighted by Gasteiger charge is -2.34. The summed E-state index contributed by atoms with van der Waals surface area (Å²) in [6.07, 6.45) is 6.10. The molecule has 0 saturated heterocycles. The molecular weight excluding hydrogens is 238 g/mol. The van der Waals surface area contributed by atoms with E-state index in [-0.39, 0.29) is 11.9 Å². The molecule has 1 aliphatic carbocycles. The van der Waals surface area contributed by atoms with Crippen LogP contribution in [0.4, 0.5) is 0 Å². The predicted molar refractivity (Wildman–Crippen MR) is 75.6 cm³/mol. The molecule has 1 aromatic heterocycles. The number of carbonyl (C=O) groups is 1. The van der Waals surface area contributed by atoms with Crippen molar-refractivity contribution in [3.8, 4) is 0 Å². The molecule has 1 amide bonds. The quantitative estimate of drug-likeness (QED) is 0.876. The number of rotatable bonds is 3. The molecule has 1 aromatic rings. The molecule has 0 unspecified atom stereocenters. The van der Waals surface area contributed by atoms with Gasteiger partial charge in [0.05, 0.1) is 0 Å². The third-order valence-corrected chi connectivity index (χ3v) is 3.97. The Morgan fingerprint density at radius 3 is 2.63 bits per heavy atom. The Labute approximate surface area is 114 Å². The van der Waals surface area contributed by atoms with Crippen LogP contribution in [0.25, 0.3) is 0 Å². The maximum atomic E-state index is 12.1. The van der Waals surface area contributed by atoms with Crippen LogP contribution in [0, 0.1) is 5.41 Å². The highest BCUT2D eigenvalue weighted by molar-refractivity contribution is 5.92. The third-order valence-electron chi connectivity index (χ3n) is 3.97. The minimum atomic E-state index is -0.0757. The number of nitrogens with two attached hydrogens (primary N) is 1. The number of amides is 1. The zero-order valence-electron chi connectivity index (χ0n) is 11.8. The van der Waals surface area contributed by atoms with Gasteiger partial charge in [0.1, 0.15) is 5.69 Å². The molecule has 2 rings (SSSR count). The molecule has 0 bridgehead atoms. The van der Waals surface area contributed by atoms with Crippen LogP contribution in [0.2, 0.25) is 0 Å². The first-order chi connectivity index (χ1) is 9.00. The maximum absolute atomic E-state index is 12.1. The third kappa shape index (κ3) is 3.77. The number of nitrogens with one attached hydrogen (secondary N) is 1. The second-order valence-electron chi connectivity index (χ2n) is 6.17. The molecule has 1 saturated carbocycles. The summed E-state index contributed by atoms with van der Waals surface area (Å²) in [7, 11) is 0. The summed E-state index contributed by atoms with van der Waals surface area (Å²) in [6, 6.07) is 3.88. The Hall–Kier alpha value is -1.42. The van der Waals surface area contributed by atoms with Crippen LogP contribution in [0.5, 0.6) is 0 Å². The Morgan fingerprint density at radius 2 is 2.11 bits per heavy atom. The molecule has 1 aliphatic rings. The van der Waals surface area contributed by atoms with Gasteiger partial charge in [0.25, 0.3) is 5.91 Å². The van der Waals surface area contributed by atoms with Crippen LogP contribution in [0.3, 0.4) is 0 Å². The molecule has 4 heteroatoms. The summed E-state index contributed by atoms with van der Waals surface area (Å²) in [4.78, 5) is 16.2. The van der Waals surface area contributed by atoms with Crippen molar-refractivity contribution in [2.75, 3.05) is 0 Å². The molecule has 1 heterocycles. The minimum absolute atomic E-state index is 0.0757. The molecular formula is C15H23N3O. The first kappa shape index (κ1) is 14.0. The van der Waals surface area contributed by atoms with E-state index in [9.17, 15) is 4.79 Å². The number of hydrogen-bond donors (Lipinski definition) is 2. The van der Waals surface area contributed by atoms with Gasteiger partial charge in [-0.2, -0.15) is 0 Å². The fourth-order valence-electron chi connectivity index (χ4n) is 2.48. The van der Waals surface area contributed by atoms with Crippen LogP contribution in [0.15, 0.2) is 18.3 Å². The monoisotopic (exact) mass is 261 g/mol. The van der Waals surface area contributed by atoms with Crippen molar-refractivity contribution in [2.45, 2.75) is 52.1 Å². The molecule has 4 nitrogen and oxygen atoms in total. The molecule has 3 N–H and O–H groups in total. The molecule has 0 radical (unpaired) electrons. The second-order valence-corrected chi connectivity index (χ2v) is 6.17. The minimum Gasteiger partial charge on any atom is -0.348 e. The average molecular weight is 261 g/mol. The number of aromatic nitrogens is 1. The summed E-state index contributed by atoms with van der Waals surface area (Å²) in [6.45, 7) is 5.03. The van der Waals surface area contributed by atoms with Crippen molar-refractivity contribution in [1.82, 2.24) is 10.3 Å². The number of pyridine rings is 1. The molecule has 104 valence electrons. The fourth-order valence-corrected chi connectivity index (χ4v) is 2.48. The van der Waals surface area contributed by atoms with Crippen molar-refractivity contribution in [2.24, 2.45) is 11.1 Å². The van der Waals surface area contributed by atoms with E-state index in [1.54, 1.807) is 12.3 Å². The van der Waals surface area contributed by atoms with Gasteiger partial charge in [0, 0.05) is 18.8 Å². The molecule has 1 fully saturated rings.